The van der Waals surface area contributed by atoms with Gasteiger partial charge in [-0.25, -0.2) is 14.7 Å². The first kappa shape index (κ1) is 18.8. The molecule has 28 heavy (non-hydrogen) atoms. The third-order valence-electron chi connectivity index (χ3n) is 5.26. The Balaban J connectivity index is 1.37. The van der Waals surface area contributed by atoms with E-state index in [1.807, 2.05) is 25.7 Å². The molecule has 0 aliphatic carbocycles. The molecule has 0 radical (unpaired) electrons. The number of fused-ring (bicyclic) bond motifs is 2. The molecule has 2 atom stereocenters. The van der Waals surface area contributed by atoms with Gasteiger partial charge in [-0.15, -0.1) is 5.10 Å². The van der Waals surface area contributed by atoms with Crippen molar-refractivity contribution in [2.45, 2.75) is 51.3 Å². The minimum absolute atomic E-state index is 0.160. The molecule has 0 saturated carbocycles. The molecular weight excluding hydrogens is 368 g/mol. The first-order valence-corrected chi connectivity index (χ1v) is 9.58. The lowest BCUT2D eigenvalue weighted by Crippen LogP contribution is -2.50. The van der Waals surface area contributed by atoms with Crippen LogP contribution in [0.15, 0.2) is 4.42 Å². The Hall–Kier alpha value is -2.56. The summed E-state index contributed by atoms with van der Waals surface area (Å²) in [5.41, 5.74) is -0.522. The summed E-state index contributed by atoms with van der Waals surface area (Å²) in [5.74, 6) is 0.381. The van der Waals surface area contributed by atoms with Crippen molar-refractivity contribution >= 4 is 18.1 Å². The van der Waals surface area contributed by atoms with E-state index in [-0.39, 0.29) is 18.2 Å². The number of hydroxylamine groups is 2. The van der Waals surface area contributed by atoms with E-state index in [1.54, 1.807) is 9.80 Å². The van der Waals surface area contributed by atoms with Crippen LogP contribution in [0.4, 0.5) is 15.6 Å². The fraction of sp³-hybridized carbons (Fsp3) is 0.765. The number of urea groups is 1. The highest BCUT2D eigenvalue weighted by Gasteiger charge is 2.46. The Morgan fingerprint density at radius 3 is 2.57 bits per heavy atom. The molecule has 0 spiro atoms. The quantitative estimate of drug-likeness (QED) is 0.750. The number of aromatic nitrogens is 2. The molecule has 3 amide bonds. The highest BCUT2D eigenvalue weighted by atomic mass is 16.6. The van der Waals surface area contributed by atoms with Crippen molar-refractivity contribution in [1.82, 2.24) is 25.1 Å². The summed E-state index contributed by atoms with van der Waals surface area (Å²) in [7, 11) is 0. The van der Waals surface area contributed by atoms with Gasteiger partial charge >= 0.3 is 18.1 Å². The minimum atomic E-state index is -0.522. The smallest absolute Gasteiger partial charge is 0.410 e. The molecule has 11 heteroatoms. The van der Waals surface area contributed by atoms with Crippen molar-refractivity contribution < 1.29 is 24.0 Å². The average Bonchev–Trinajstić information content (AvgIpc) is 3.22. The van der Waals surface area contributed by atoms with Crippen LogP contribution in [0.3, 0.4) is 0 Å². The van der Waals surface area contributed by atoms with Gasteiger partial charge in [0.2, 0.25) is 5.89 Å². The van der Waals surface area contributed by atoms with E-state index in [2.05, 4.69) is 10.2 Å². The largest absolute Gasteiger partial charge is 0.444 e. The molecule has 3 saturated heterocycles. The maximum absolute atomic E-state index is 12.2. The van der Waals surface area contributed by atoms with Gasteiger partial charge in [-0.1, -0.05) is 5.10 Å². The molecule has 4 rings (SSSR count). The van der Waals surface area contributed by atoms with Gasteiger partial charge in [0.25, 0.3) is 0 Å². The SMILES string of the molecule is CC(C)(C)OC(=O)N1CCN(c2nnc([C@@H]3CCC4CN3C(=O)N4O)o2)CC1. The van der Waals surface area contributed by atoms with Gasteiger partial charge in [0.15, 0.2) is 0 Å². The number of nitrogens with zero attached hydrogens (tertiary/aromatic N) is 6. The lowest BCUT2D eigenvalue weighted by Gasteiger charge is -2.34. The number of hydrogen-bond acceptors (Lipinski definition) is 8. The van der Waals surface area contributed by atoms with Gasteiger partial charge in [-0.2, -0.15) is 0 Å². The lowest BCUT2D eigenvalue weighted by atomic mass is 10.0. The Bertz CT molecular complexity index is 753. The first-order valence-electron chi connectivity index (χ1n) is 9.58. The van der Waals surface area contributed by atoms with Crippen LogP contribution in [0.2, 0.25) is 0 Å². The van der Waals surface area contributed by atoms with Crippen LogP contribution in [-0.2, 0) is 4.74 Å². The van der Waals surface area contributed by atoms with E-state index in [0.29, 0.717) is 57.5 Å². The summed E-state index contributed by atoms with van der Waals surface area (Å²) in [6.07, 6.45) is 1.04. The van der Waals surface area contributed by atoms with Gasteiger partial charge in [0.05, 0.1) is 6.04 Å². The zero-order valence-corrected chi connectivity index (χ0v) is 16.4. The summed E-state index contributed by atoms with van der Waals surface area (Å²) in [5, 5.41) is 18.9. The summed E-state index contributed by atoms with van der Waals surface area (Å²) >= 11 is 0. The van der Waals surface area contributed by atoms with Crippen molar-refractivity contribution in [2.75, 3.05) is 37.6 Å². The maximum Gasteiger partial charge on any atom is 0.410 e. The van der Waals surface area contributed by atoms with E-state index < -0.39 is 11.6 Å². The molecule has 154 valence electrons. The predicted octanol–water partition coefficient (Wildman–Crippen LogP) is 1.46. The summed E-state index contributed by atoms with van der Waals surface area (Å²) in [6.45, 7) is 8.11. The lowest BCUT2D eigenvalue weighted by molar-refractivity contribution is -0.0584. The number of hydrogen-bond donors (Lipinski definition) is 1. The molecule has 2 bridgehead atoms. The van der Waals surface area contributed by atoms with Crippen LogP contribution in [0.1, 0.15) is 45.5 Å². The second-order valence-electron chi connectivity index (χ2n) is 8.40. The van der Waals surface area contributed by atoms with Crippen LogP contribution in [-0.4, -0.2) is 86.8 Å². The van der Waals surface area contributed by atoms with Crippen LogP contribution in [0, 0.1) is 0 Å². The summed E-state index contributed by atoms with van der Waals surface area (Å²) in [4.78, 5) is 29.5. The number of carbonyl (C=O) groups is 2. The van der Waals surface area contributed by atoms with E-state index in [4.69, 9.17) is 9.15 Å². The Morgan fingerprint density at radius 1 is 1.18 bits per heavy atom. The zero-order valence-electron chi connectivity index (χ0n) is 16.4. The summed E-state index contributed by atoms with van der Waals surface area (Å²) < 4.78 is 11.3. The number of piperazine rings is 1. The number of rotatable bonds is 2. The van der Waals surface area contributed by atoms with Gasteiger partial charge in [-0.3, -0.25) is 5.21 Å². The van der Waals surface area contributed by atoms with Crippen molar-refractivity contribution in [3.05, 3.63) is 5.89 Å². The molecular formula is C17H26N6O5. The fourth-order valence-electron chi connectivity index (χ4n) is 3.80. The van der Waals surface area contributed by atoms with Crippen molar-refractivity contribution in [2.24, 2.45) is 0 Å². The highest BCUT2D eigenvalue weighted by molar-refractivity contribution is 5.76. The Kier molecular flexibility index (Phi) is 4.56. The monoisotopic (exact) mass is 394 g/mol. The van der Waals surface area contributed by atoms with E-state index >= 15 is 0 Å². The second kappa shape index (κ2) is 6.80. The normalized spacial score (nSPS) is 25.5. The fourth-order valence-corrected chi connectivity index (χ4v) is 3.80. The molecule has 1 unspecified atom stereocenters. The molecule has 3 aliphatic rings. The van der Waals surface area contributed by atoms with E-state index in [1.165, 1.54) is 0 Å². The second-order valence-corrected chi connectivity index (χ2v) is 8.40. The third kappa shape index (κ3) is 3.46. The van der Waals surface area contributed by atoms with Crippen molar-refractivity contribution in [1.29, 1.82) is 0 Å². The zero-order chi connectivity index (χ0) is 20.1. The number of carbonyl (C=O) groups excluding carboxylic acids is 2. The molecule has 11 nitrogen and oxygen atoms in total. The predicted molar refractivity (Wildman–Crippen MR) is 95.8 cm³/mol. The highest BCUT2D eigenvalue weighted by Crippen LogP contribution is 2.37. The van der Waals surface area contributed by atoms with Crippen LogP contribution in [0.25, 0.3) is 0 Å². The van der Waals surface area contributed by atoms with Crippen LogP contribution in [0.5, 0.6) is 0 Å². The summed E-state index contributed by atoms with van der Waals surface area (Å²) in [6, 6.07) is -0.510. The topological polar surface area (TPSA) is 115 Å². The van der Waals surface area contributed by atoms with Crippen LogP contribution < -0.4 is 4.90 Å². The van der Waals surface area contributed by atoms with Gasteiger partial charge in [-0.05, 0) is 33.6 Å². The molecule has 1 N–H and O–H groups in total. The third-order valence-corrected chi connectivity index (χ3v) is 5.26. The van der Waals surface area contributed by atoms with Crippen LogP contribution >= 0.6 is 0 Å². The number of anilines is 1. The maximum atomic E-state index is 12.2. The molecule has 1 aromatic heterocycles. The minimum Gasteiger partial charge on any atom is -0.444 e. The average molecular weight is 394 g/mol. The number of ether oxygens (including phenoxy) is 1. The van der Waals surface area contributed by atoms with Crippen molar-refractivity contribution in [3.8, 4) is 0 Å². The molecule has 3 fully saturated rings. The molecule has 4 heterocycles. The molecule has 3 aliphatic heterocycles. The van der Waals surface area contributed by atoms with E-state index in [9.17, 15) is 14.8 Å². The first-order chi connectivity index (χ1) is 13.2. The Labute approximate surface area is 162 Å². The van der Waals surface area contributed by atoms with Gasteiger partial charge < -0.3 is 23.9 Å². The van der Waals surface area contributed by atoms with Gasteiger partial charge in [0.1, 0.15) is 11.6 Å². The molecule has 1 aromatic rings. The molecule has 0 aromatic carbocycles. The Morgan fingerprint density at radius 2 is 1.89 bits per heavy atom. The van der Waals surface area contributed by atoms with Gasteiger partial charge in [0, 0.05) is 32.7 Å². The number of amides is 3. The van der Waals surface area contributed by atoms with Crippen molar-refractivity contribution in [3.63, 3.8) is 0 Å². The number of piperidine rings is 1. The standard InChI is InChI=1S/C17H26N6O5/c1-17(2,3)28-16(25)21-8-6-20(7-9-21)14-19-18-13(27-14)12-5-4-11-10-22(12)15(24)23(11)26/h11-12,26H,4-10H2,1-3H3/t11?,12-/m0/s1. The van der Waals surface area contributed by atoms with E-state index in [0.717, 1.165) is 5.06 Å².